The number of carbonyl (C=O) groups excluding carboxylic acids is 3. The number of rotatable bonds is 3. The normalized spacial score (nSPS) is 30.2. The van der Waals surface area contributed by atoms with Crippen LogP contribution >= 0.6 is 0 Å². The largest absolute Gasteiger partial charge is 0.294 e. The smallest absolute Gasteiger partial charge is 0.235 e. The predicted molar refractivity (Wildman–Crippen MR) is 88.8 cm³/mol. The van der Waals surface area contributed by atoms with E-state index in [1.165, 1.54) is 16.7 Å². The number of carbonyl (C=O) groups is 3. The summed E-state index contributed by atoms with van der Waals surface area (Å²) in [5, 5.41) is 0. The topological polar surface area (TPSA) is 57.7 Å². The fourth-order valence-corrected chi connectivity index (χ4v) is 4.46. The number of anilines is 1. The van der Waals surface area contributed by atoms with Gasteiger partial charge in [0.05, 0.1) is 11.8 Å². The first-order valence-electron chi connectivity index (χ1n) is 8.36. The van der Waals surface area contributed by atoms with Gasteiger partial charge in [-0.05, 0) is 36.8 Å². The number of fused-ring (bicyclic) bond motifs is 5. The summed E-state index contributed by atoms with van der Waals surface area (Å²) in [7, 11) is 0. The van der Waals surface area contributed by atoms with Gasteiger partial charge in [-0.25, -0.2) is 0 Å². The maximum Gasteiger partial charge on any atom is 0.235 e. The summed E-state index contributed by atoms with van der Waals surface area (Å²) in [5.41, 5.74) is 1.68. The molecule has 1 aromatic carbocycles. The quantitative estimate of drug-likeness (QED) is 0.632. The molecule has 0 N–H and O–H groups in total. The molecule has 1 saturated heterocycles. The molecule has 4 atom stereocenters. The fourth-order valence-electron chi connectivity index (χ4n) is 4.46. The van der Waals surface area contributed by atoms with E-state index in [1.807, 2.05) is 31.2 Å². The van der Waals surface area contributed by atoms with Gasteiger partial charge in [-0.1, -0.05) is 30.4 Å². The minimum atomic E-state index is -0.224. The van der Waals surface area contributed by atoms with Gasteiger partial charge in [-0.3, -0.25) is 24.2 Å². The lowest BCUT2D eigenvalue weighted by molar-refractivity contribution is -0.140. The van der Waals surface area contributed by atoms with E-state index in [-0.39, 0.29) is 48.1 Å². The van der Waals surface area contributed by atoms with Crippen LogP contribution in [0.4, 0.5) is 5.69 Å². The van der Waals surface area contributed by atoms with Crippen molar-refractivity contribution in [3.8, 4) is 0 Å². The lowest BCUT2D eigenvalue weighted by Crippen LogP contribution is -2.45. The summed E-state index contributed by atoms with van der Waals surface area (Å²) in [6.07, 6.45) is 5.06. The Morgan fingerprint density at radius 2 is 1.71 bits per heavy atom. The number of hydrogen-bond acceptors (Lipinski definition) is 3. The molecule has 4 rings (SSSR count). The number of aryl methyl sites for hydroxylation is 1. The summed E-state index contributed by atoms with van der Waals surface area (Å²) in [4.78, 5) is 40.5. The van der Waals surface area contributed by atoms with Gasteiger partial charge in [-0.2, -0.15) is 0 Å². The van der Waals surface area contributed by atoms with Gasteiger partial charge < -0.3 is 0 Å². The highest BCUT2D eigenvalue weighted by Gasteiger charge is 2.59. The van der Waals surface area contributed by atoms with Gasteiger partial charge in [0, 0.05) is 12.6 Å². The second-order valence-corrected chi connectivity index (χ2v) is 6.98. The number of amides is 3. The van der Waals surface area contributed by atoms with Crippen molar-refractivity contribution in [2.24, 2.45) is 23.7 Å². The average Bonchev–Trinajstić information content (AvgIpc) is 3.22. The third kappa shape index (κ3) is 2.04. The molecule has 3 aliphatic rings. The molecule has 2 fully saturated rings. The zero-order valence-electron chi connectivity index (χ0n) is 13.8. The first-order valence-corrected chi connectivity index (χ1v) is 8.36. The number of hydrogen-bond donors (Lipinski definition) is 0. The molecule has 1 saturated carbocycles. The van der Waals surface area contributed by atoms with Gasteiger partial charge in [0.25, 0.3) is 0 Å². The van der Waals surface area contributed by atoms with Crippen molar-refractivity contribution in [3.05, 3.63) is 42.0 Å². The molecule has 2 aliphatic carbocycles. The van der Waals surface area contributed by atoms with Crippen LogP contribution in [0.3, 0.4) is 0 Å². The fraction of sp³-hybridized carbons (Fsp3) is 0.421. The highest BCUT2D eigenvalue weighted by atomic mass is 16.2. The molecule has 1 aromatic rings. The van der Waals surface area contributed by atoms with E-state index in [0.717, 1.165) is 17.7 Å². The van der Waals surface area contributed by atoms with E-state index >= 15 is 0 Å². The number of benzene rings is 1. The molecule has 5 nitrogen and oxygen atoms in total. The van der Waals surface area contributed by atoms with Crippen molar-refractivity contribution in [2.75, 3.05) is 11.6 Å². The van der Waals surface area contributed by atoms with Crippen LogP contribution < -0.4 is 4.90 Å². The first-order chi connectivity index (χ1) is 11.5. The average molecular weight is 324 g/mol. The molecule has 0 radical (unpaired) electrons. The van der Waals surface area contributed by atoms with Crippen LogP contribution in [0.15, 0.2) is 36.4 Å². The van der Waals surface area contributed by atoms with Gasteiger partial charge in [-0.15, -0.1) is 0 Å². The Morgan fingerprint density at radius 1 is 1.12 bits per heavy atom. The van der Waals surface area contributed by atoms with Gasteiger partial charge in [0.15, 0.2) is 0 Å². The van der Waals surface area contributed by atoms with Crippen LogP contribution in [0.1, 0.15) is 18.9 Å². The SMILES string of the molecule is CC(=O)N(CN1C(=O)[C@H]2[C@H](C1=O)[C@H]1C=C[C@@H]2C1)c1ccccc1C. The number of likely N-dealkylation sites (tertiary alicyclic amines) is 1. The van der Waals surface area contributed by atoms with Gasteiger partial charge in [0.1, 0.15) is 6.67 Å². The van der Waals surface area contributed by atoms with E-state index in [4.69, 9.17) is 0 Å². The van der Waals surface area contributed by atoms with Crippen molar-refractivity contribution in [1.82, 2.24) is 4.90 Å². The second-order valence-electron chi connectivity index (χ2n) is 6.98. The van der Waals surface area contributed by atoms with Crippen molar-refractivity contribution < 1.29 is 14.4 Å². The highest BCUT2D eigenvalue weighted by molar-refractivity contribution is 6.07. The van der Waals surface area contributed by atoms with Gasteiger partial charge in [0.2, 0.25) is 17.7 Å². The maximum absolute atomic E-state index is 12.8. The Balaban J connectivity index is 1.62. The summed E-state index contributed by atoms with van der Waals surface area (Å²) < 4.78 is 0. The first kappa shape index (κ1) is 15.1. The second kappa shape index (κ2) is 5.30. The monoisotopic (exact) mass is 324 g/mol. The molecule has 24 heavy (non-hydrogen) atoms. The van der Waals surface area contributed by atoms with E-state index in [1.54, 1.807) is 0 Å². The van der Waals surface area contributed by atoms with Crippen LogP contribution in [-0.4, -0.2) is 29.3 Å². The summed E-state index contributed by atoms with van der Waals surface area (Å²) >= 11 is 0. The van der Waals surface area contributed by atoms with E-state index < -0.39 is 0 Å². The van der Waals surface area contributed by atoms with Crippen LogP contribution in [-0.2, 0) is 14.4 Å². The van der Waals surface area contributed by atoms with E-state index in [0.29, 0.717) is 0 Å². The van der Waals surface area contributed by atoms with E-state index in [2.05, 4.69) is 12.2 Å². The number of allylic oxidation sites excluding steroid dienone is 2. The van der Waals surface area contributed by atoms with E-state index in [9.17, 15) is 14.4 Å². The number of imide groups is 1. The van der Waals surface area contributed by atoms with Crippen LogP contribution in [0.25, 0.3) is 0 Å². The summed E-state index contributed by atoms with van der Waals surface area (Å²) in [5.74, 6) is -0.501. The Hall–Kier alpha value is -2.43. The molecule has 1 heterocycles. The minimum Gasteiger partial charge on any atom is -0.294 e. The van der Waals surface area contributed by atoms with Crippen LogP contribution in [0.5, 0.6) is 0 Å². The molecule has 0 spiro atoms. The Bertz CT molecular complexity index is 740. The van der Waals surface area contributed by atoms with Crippen molar-refractivity contribution in [3.63, 3.8) is 0 Å². The Labute approximate surface area is 140 Å². The highest BCUT2D eigenvalue weighted by Crippen LogP contribution is 2.52. The predicted octanol–water partition coefficient (Wildman–Crippen LogP) is 2.11. The molecule has 124 valence electrons. The molecule has 0 aromatic heterocycles. The van der Waals surface area contributed by atoms with Crippen LogP contribution in [0.2, 0.25) is 0 Å². The van der Waals surface area contributed by atoms with Crippen molar-refractivity contribution in [1.29, 1.82) is 0 Å². The lowest BCUT2D eigenvalue weighted by Gasteiger charge is -2.28. The standard InChI is InChI=1S/C19H20N2O3/c1-11-5-3-4-6-15(11)20(12(2)22)10-21-18(23)16-13-7-8-14(9-13)17(16)19(21)24/h3-8,13-14,16-17H,9-10H2,1-2H3/t13-,14+,16-,17-/m1/s1. The Morgan fingerprint density at radius 3 is 2.25 bits per heavy atom. The summed E-state index contributed by atoms with van der Waals surface area (Å²) in [6.45, 7) is 3.38. The molecule has 0 unspecified atom stereocenters. The molecule has 5 heteroatoms. The Kier molecular flexibility index (Phi) is 3.34. The maximum atomic E-state index is 12.8. The zero-order chi connectivity index (χ0) is 17.0. The lowest BCUT2D eigenvalue weighted by atomic mass is 9.85. The molecule has 2 bridgehead atoms. The zero-order valence-corrected chi connectivity index (χ0v) is 13.8. The summed E-state index contributed by atoms with van der Waals surface area (Å²) in [6, 6.07) is 7.51. The molecule has 3 amide bonds. The number of nitrogens with zero attached hydrogens (tertiary/aromatic N) is 2. The van der Waals surface area contributed by atoms with Gasteiger partial charge >= 0.3 is 0 Å². The van der Waals surface area contributed by atoms with Crippen LogP contribution in [0, 0.1) is 30.6 Å². The van der Waals surface area contributed by atoms with Crippen molar-refractivity contribution >= 4 is 23.4 Å². The number of para-hydroxylation sites is 1. The third-order valence-corrected chi connectivity index (χ3v) is 5.63. The van der Waals surface area contributed by atoms with Crippen molar-refractivity contribution in [2.45, 2.75) is 20.3 Å². The third-order valence-electron chi connectivity index (χ3n) is 5.63. The minimum absolute atomic E-state index is 0.00426. The molecular formula is C19H20N2O3. The molecular weight excluding hydrogens is 304 g/mol. The molecule has 1 aliphatic heterocycles.